The molecule has 1 saturated heterocycles. The standard InChI is InChI=1S/C27H39NO2/c1-22(2)28(20-24-11-13-25(29-5)14-12-24)17-15-27(16-18-30-26(3,4)21-27)19-23-9-7-6-8-10-23/h6-14,22H,15-21H2,1-5H3. The molecule has 0 aliphatic carbocycles. The van der Waals surface area contributed by atoms with Gasteiger partial charge in [-0.2, -0.15) is 0 Å². The minimum absolute atomic E-state index is 0.0499. The Balaban J connectivity index is 1.73. The van der Waals surface area contributed by atoms with E-state index in [1.807, 2.05) is 0 Å². The highest BCUT2D eigenvalue weighted by Crippen LogP contribution is 2.44. The van der Waals surface area contributed by atoms with Crippen molar-refractivity contribution in [2.24, 2.45) is 5.41 Å². The summed E-state index contributed by atoms with van der Waals surface area (Å²) in [5.41, 5.74) is 3.03. The van der Waals surface area contributed by atoms with E-state index >= 15 is 0 Å². The number of ether oxygens (including phenoxy) is 2. The van der Waals surface area contributed by atoms with Crippen LogP contribution in [0, 0.1) is 5.41 Å². The second-order valence-corrected chi connectivity index (χ2v) is 9.86. The molecule has 164 valence electrons. The molecule has 1 fully saturated rings. The van der Waals surface area contributed by atoms with Crippen molar-refractivity contribution in [2.45, 2.75) is 71.6 Å². The first-order valence-electron chi connectivity index (χ1n) is 11.4. The lowest BCUT2D eigenvalue weighted by molar-refractivity contribution is -0.109. The summed E-state index contributed by atoms with van der Waals surface area (Å²) in [6.45, 7) is 12.1. The number of hydrogen-bond acceptors (Lipinski definition) is 3. The van der Waals surface area contributed by atoms with E-state index in [4.69, 9.17) is 9.47 Å². The van der Waals surface area contributed by atoms with E-state index in [1.165, 1.54) is 17.5 Å². The number of benzene rings is 2. The molecule has 3 rings (SSSR count). The van der Waals surface area contributed by atoms with Crippen molar-refractivity contribution in [3.63, 3.8) is 0 Å². The quantitative estimate of drug-likeness (QED) is 0.498. The molecule has 0 spiro atoms. The van der Waals surface area contributed by atoms with E-state index in [1.54, 1.807) is 7.11 Å². The van der Waals surface area contributed by atoms with Crippen LogP contribution in [0.25, 0.3) is 0 Å². The van der Waals surface area contributed by atoms with Gasteiger partial charge >= 0.3 is 0 Å². The molecular weight excluding hydrogens is 370 g/mol. The maximum absolute atomic E-state index is 6.10. The van der Waals surface area contributed by atoms with Gasteiger partial charge in [0.15, 0.2) is 0 Å². The Labute approximate surface area is 183 Å². The van der Waals surface area contributed by atoms with Crippen LogP contribution in [0.4, 0.5) is 0 Å². The summed E-state index contributed by atoms with van der Waals surface area (Å²) >= 11 is 0. The molecule has 0 saturated carbocycles. The fourth-order valence-corrected chi connectivity index (χ4v) is 4.93. The van der Waals surface area contributed by atoms with E-state index in [0.717, 1.165) is 44.7 Å². The molecule has 30 heavy (non-hydrogen) atoms. The minimum atomic E-state index is -0.0499. The molecule has 1 atom stereocenters. The molecule has 0 bridgehead atoms. The summed E-state index contributed by atoms with van der Waals surface area (Å²) < 4.78 is 11.4. The summed E-state index contributed by atoms with van der Waals surface area (Å²) in [6, 6.07) is 20.0. The van der Waals surface area contributed by atoms with Crippen molar-refractivity contribution in [2.75, 3.05) is 20.3 Å². The van der Waals surface area contributed by atoms with E-state index in [-0.39, 0.29) is 11.0 Å². The highest BCUT2D eigenvalue weighted by molar-refractivity contribution is 5.27. The van der Waals surface area contributed by atoms with Crippen LogP contribution < -0.4 is 4.74 Å². The van der Waals surface area contributed by atoms with E-state index in [9.17, 15) is 0 Å². The Morgan fingerprint density at radius 3 is 2.30 bits per heavy atom. The first-order chi connectivity index (χ1) is 14.3. The van der Waals surface area contributed by atoms with Crippen molar-refractivity contribution in [1.82, 2.24) is 4.90 Å². The molecule has 1 heterocycles. The lowest BCUT2D eigenvalue weighted by Crippen LogP contribution is -2.44. The fourth-order valence-electron chi connectivity index (χ4n) is 4.93. The van der Waals surface area contributed by atoms with E-state index in [2.05, 4.69) is 87.2 Å². The first kappa shape index (κ1) is 22.8. The minimum Gasteiger partial charge on any atom is -0.497 e. The zero-order chi connectivity index (χ0) is 21.6. The topological polar surface area (TPSA) is 21.7 Å². The Bertz CT molecular complexity index is 769. The van der Waals surface area contributed by atoms with Crippen LogP contribution in [-0.2, 0) is 17.7 Å². The summed E-state index contributed by atoms with van der Waals surface area (Å²) in [5, 5.41) is 0. The lowest BCUT2D eigenvalue weighted by atomic mass is 9.68. The number of rotatable bonds is 9. The number of nitrogens with zero attached hydrogens (tertiary/aromatic N) is 1. The first-order valence-corrected chi connectivity index (χ1v) is 11.4. The molecule has 3 nitrogen and oxygen atoms in total. The van der Waals surface area contributed by atoms with Crippen LogP contribution in [0.15, 0.2) is 54.6 Å². The average Bonchev–Trinajstić information content (AvgIpc) is 2.71. The van der Waals surface area contributed by atoms with Crippen molar-refractivity contribution in [3.8, 4) is 5.75 Å². The Morgan fingerprint density at radius 1 is 1.00 bits per heavy atom. The molecule has 0 aromatic heterocycles. The average molecular weight is 410 g/mol. The SMILES string of the molecule is COc1ccc(CN(CCC2(Cc3ccccc3)CCOC(C)(C)C2)C(C)C)cc1. The van der Waals surface area contributed by atoms with Crippen LogP contribution in [0.3, 0.4) is 0 Å². The fraction of sp³-hybridized carbons (Fsp3) is 0.556. The van der Waals surface area contributed by atoms with Gasteiger partial charge in [0.2, 0.25) is 0 Å². The van der Waals surface area contributed by atoms with E-state index in [0.29, 0.717) is 6.04 Å². The highest BCUT2D eigenvalue weighted by atomic mass is 16.5. The van der Waals surface area contributed by atoms with E-state index < -0.39 is 0 Å². The van der Waals surface area contributed by atoms with Crippen LogP contribution in [0.5, 0.6) is 5.75 Å². The van der Waals surface area contributed by atoms with Crippen molar-refractivity contribution in [1.29, 1.82) is 0 Å². The van der Waals surface area contributed by atoms with Gasteiger partial charge < -0.3 is 9.47 Å². The Kier molecular flexibility index (Phi) is 7.60. The smallest absolute Gasteiger partial charge is 0.118 e. The van der Waals surface area contributed by atoms with Gasteiger partial charge in [0.1, 0.15) is 5.75 Å². The van der Waals surface area contributed by atoms with Crippen molar-refractivity contribution >= 4 is 0 Å². The van der Waals surface area contributed by atoms with Crippen LogP contribution >= 0.6 is 0 Å². The van der Waals surface area contributed by atoms with Crippen LogP contribution in [0.1, 0.15) is 58.1 Å². The molecule has 0 radical (unpaired) electrons. The van der Waals surface area contributed by atoms with Gasteiger partial charge in [-0.05, 0) is 88.6 Å². The van der Waals surface area contributed by atoms with Crippen LogP contribution in [0.2, 0.25) is 0 Å². The lowest BCUT2D eigenvalue weighted by Gasteiger charge is -2.46. The van der Waals surface area contributed by atoms with Gasteiger partial charge in [0.05, 0.1) is 12.7 Å². The van der Waals surface area contributed by atoms with Crippen LogP contribution in [-0.4, -0.2) is 36.8 Å². The monoisotopic (exact) mass is 409 g/mol. The van der Waals surface area contributed by atoms with Gasteiger partial charge in [0, 0.05) is 19.2 Å². The summed E-state index contributed by atoms with van der Waals surface area (Å²) in [7, 11) is 1.72. The predicted molar refractivity (Wildman–Crippen MR) is 125 cm³/mol. The van der Waals surface area contributed by atoms with Crippen molar-refractivity contribution in [3.05, 3.63) is 65.7 Å². The summed E-state index contributed by atoms with van der Waals surface area (Å²) in [4.78, 5) is 2.61. The zero-order valence-electron chi connectivity index (χ0n) is 19.5. The summed E-state index contributed by atoms with van der Waals surface area (Å²) in [5.74, 6) is 0.918. The van der Waals surface area contributed by atoms with Crippen molar-refractivity contribution < 1.29 is 9.47 Å². The Hall–Kier alpha value is -1.84. The normalized spacial score (nSPS) is 21.2. The highest BCUT2D eigenvalue weighted by Gasteiger charge is 2.40. The second-order valence-electron chi connectivity index (χ2n) is 9.86. The van der Waals surface area contributed by atoms with Gasteiger partial charge in [0.25, 0.3) is 0 Å². The third kappa shape index (κ3) is 6.33. The molecule has 1 aliphatic rings. The zero-order valence-corrected chi connectivity index (χ0v) is 19.5. The Morgan fingerprint density at radius 2 is 1.70 bits per heavy atom. The molecule has 1 aliphatic heterocycles. The van der Waals surface area contributed by atoms with Gasteiger partial charge in [-0.1, -0.05) is 42.5 Å². The molecule has 3 heteroatoms. The molecule has 2 aromatic carbocycles. The van der Waals surface area contributed by atoms with Gasteiger partial charge in [-0.25, -0.2) is 0 Å². The molecular formula is C27H39NO2. The molecule has 0 N–H and O–H groups in total. The second kappa shape index (κ2) is 9.98. The molecule has 0 amide bonds. The number of methoxy groups -OCH3 is 1. The third-order valence-electron chi connectivity index (χ3n) is 6.55. The molecule has 1 unspecified atom stereocenters. The maximum Gasteiger partial charge on any atom is 0.118 e. The van der Waals surface area contributed by atoms with Gasteiger partial charge in [-0.15, -0.1) is 0 Å². The largest absolute Gasteiger partial charge is 0.497 e. The third-order valence-corrected chi connectivity index (χ3v) is 6.55. The molecule has 2 aromatic rings. The summed E-state index contributed by atoms with van der Waals surface area (Å²) in [6.07, 6.45) is 4.58. The van der Waals surface area contributed by atoms with Gasteiger partial charge in [-0.3, -0.25) is 4.90 Å². The maximum atomic E-state index is 6.10. The predicted octanol–water partition coefficient (Wildman–Crippen LogP) is 6.11. The number of hydrogen-bond donors (Lipinski definition) is 0.